The summed E-state index contributed by atoms with van der Waals surface area (Å²) in [4.78, 5) is 4.74. The van der Waals surface area contributed by atoms with Gasteiger partial charge in [0.2, 0.25) is 0 Å². The molecule has 1 heterocycles. The van der Waals surface area contributed by atoms with E-state index in [9.17, 15) is 0 Å². The molecule has 0 aliphatic carbocycles. The van der Waals surface area contributed by atoms with Crippen LogP contribution in [0.15, 0.2) is 54.3 Å². The number of anilines is 2. The average molecular weight is 310 g/mol. The fraction of sp³-hybridized carbons (Fsp3) is 0.167. The third kappa shape index (κ3) is 2.70. The van der Waals surface area contributed by atoms with Gasteiger partial charge in [0.1, 0.15) is 4.99 Å². The summed E-state index contributed by atoms with van der Waals surface area (Å²) in [5, 5.41) is 0. The molecule has 0 amide bonds. The molecule has 1 aliphatic heterocycles. The highest BCUT2D eigenvalue weighted by Gasteiger charge is 2.23. The summed E-state index contributed by atoms with van der Waals surface area (Å²) in [6.07, 6.45) is 1.98. The third-order valence-corrected chi connectivity index (χ3v) is 4.14. The molecule has 3 nitrogen and oxygen atoms in total. The molecule has 0 N–H and O–H groups in total. The molecule has 0 saturated heterocycles. The fourth-order valence-corrected chi connectivity index (χ4v) is 2.57. The highest BCUT2D eigenvalue weighted by Crippen LogP contribution is 2.35. The first-order valence-electron chi connectivity index (χ1n) is 7.10. The molecule has 2 aromatic rings. The van der Waals surface area contributed by atoms with Crippen molar-refractivity contribution in [3.63, 3.8) is 0 Å². The lowest BCUT2D eigenvalue weighted by Gasteiger charge is -2.29. The van der Waals surface area contributed by atoms with E-state index in [-0.39, 0.29) is 0 Å². The Bertz CT molecular complexity index is 735. The summed E-state index contributed by atoms with van der Waals surface area (Å²) in [5.41, 5.74) is 3.22. The van der Waals surface area contributed by atoms with E-state index in [0.29, 0.717) is 10.7 Å². The normalized spacial score (nSPS) is 15.5. The number of ether oxygens (including phenoxy) is 1. The first-order valence-corrected chi connectivity index (χ1v) is 7.51. The summed E-state index contributed by atoms with van der Waals surface area (Å²) in [5.74, 6) is 1.53. The van der Waals surface area contributed by atoms with Crippen molar-refractivity contribution in [2.24, 2.45) is 0 Å². The smallest absolute Gasteiger partial charge is 0.162 e. The van der Waals surface area contributed by atoms with Crippen LogP contribution in [-0.4, -0.2) is 26.1 Å². The lowest BCUT2D eigenvalue weighted by Crippen LogP contribution is -2.32. The number of hydrogen-bond acceptors (Lipinski definition) is 3. The average Bonchev–Trinajstić information content (AvgIpc) is 2.53. The Morgan fingerprint density at radius 1 is 1.05 bits per heavy atom. The number of benzene rings is 2. The Balaban J connectivity index is 1.93. The molecule has 0 unspecified atom stereocenters. The highest BCUT2D eigenvalue weighted by atomic mass is 32.1. The van der Waals surface area contributed by atoms with Crippen LogP contribution in [0.2, 0.25) is 0 Å². The van der Waals surface area contributed by atoms with Crippen LogP contribution in [0.1, 0.15) is 5.56 Å². The zero-order chi connectivity index (χ0) is 15.7. The predicted octanol–water partition coefficient (Wildman–Crippen LogP) is 3.95. The molecule has 0 spiro atoms. The number of fused-ring (bicyclic) bond motifs is 1. The molecule has 0 atom stereocenters. The van der Waals surface area contributed by atoms with Gasteiger partial charge in [0.05, 0.1) is 5.69 Å². The van der Waals surface area contributed by atoms with E-state index >= 15 is 0 Å². The standard InChI is InChI=1S/C18H18N2OS/c1-19(2)14-10-8-13(9-11-14)12-17-18(22)20(3)15-6-4-5-7-16(15)21-17/h4-12H,1-3H3/b17-12-. The van der Waals surface area contributed by atoms with Crippen LogP contribution < -0.4 is 14.5 Å². The van der Waals surface area contributed by atoms with Gasteiger partial charge < -0.3 is 14.5 Å². The van der Waals surface area contributed by atoms with E-state index in [4.69, 9.17) is 17.0 Å². The summed E-state index contributed by atoms with van der Waals surface area (Å²) < 4.78 is 5.96. The summed E-state index contributed by atoms with van der Waals surface area (Å²) in [7, 11) is 6.02. The number of rotatable bonds is 2. The first kappa shape index (κ1) is 14.6. The van der Waals surface area contributed by atoms with Crippen molar-refractivity contribution in [3.05, 3.63) is 59.9 Å². The van der Waals surface area contributed by atoms with Gasteiger partial charge in [-0.1, -0.05) is 36.5 Å². The lowest BCUT2D eigenvalue weighted by molar-refractivity contribution is 0.452. The van der Waals surface area contributed by atoms with E-state index in [1.165, 1.54) is 0 Å². The lowest BCUT2D eigenvalue weighted by atomic mass is 10.1. The Morgan fingerprint density at radius 3 is 2.41 bits per heavy atom. The number of likely N-dealkylation sites (N-methyl/N-ethyl adjacent to an activating group) is 1. The zero-order valence-electron chi connectivity index (χ0n) is 12.9. The van der Waals surface area contributed by atoms with Gasteiger partial charge >= 0.3 is 0 Å². The SMILES string of the molecule is CN(C)c1ccc(/C=C2\Oc3ccccc3N(C)C2=S)cc1. The van der Waals surface area contributed by atoms with Crippen molar-refractivity contribution >= 4 is 34.7 Å². The topological polar surface area (TPSA) is 15.7 Å². The molecule has 4 heteroatoms. The van der Waals surface area contributed by atoms with E-state index in [1.807, 2.05) is 56.4 Å². The van der Waals surface area contributed by atoms with Crippen LogP contribution >= 0.6 is 12.2 Å². The minimum Gasteiger partial charge on any atom is -0.452 e. The maximum absolute atomic E-state index is 5.96. The first-order chi connectivity index (χ1) is 10.6. The number of para-hydroxylation sites is 2. The van der Waals surface area contributed by atoms with Gasteiger partial charge in [0.25, 0.3) is 0 Å². The zero-order valence-corrected chi connectivity index (χ0v) is 13.7. The summed E-state index contributed by atoms with van der Waals surface area (Å²) in [6.45, 7) is 0. The molecule has 0 radical (unpaired) electrons. The van der Waals surface area contributed by atoms with Crippen LogP contribution in [0.25, 0.3) is 6.08 Å². The van der Waals surface area contributed by atoms with E-state index in [2.05, 4.69) is 29.2 Å². The molecule has 22 heavy (non-hydrogen) atoms. The Labute approximate surface area is 136 Å². The highest BCUT2D eigenvalue weighted by molar-refractivity contribution is 7.81. The maximum atomic E-state index is 5.96. The fourth-order valence-electron chi connectivity index (χ4n) is 2.37. The predicted molar refractivity (Wildman–Crippen MR) is 96.8 cm³/mol. The third-order valence-electron chi connectivity index (χ3n) is 3.67. The number of hydrogen-bond donors (Lipinski definition) is 0. The molecular formula is C18H18N2OS. The Morgan fingerprint density at radius 2 is 1.73 bits per heavy atom. The van der Waals surface area contributed by atoms with Gasteiger partial charge in [-0.05, 0) is 35.9 Å². The molecule has 0 aromatic heterocycles. The molecule has 1 aliphatic rings. The van der Waals surface area contributed by atoms with Gasteiger partial charge in [0, 0.05) is 26.8 Å². The van der Waals surface area contributed by atoms with Gasteiger partial charge in [-0.2, -0.15) is 0 Å². The van der Waals surface area contributed by atoms with Gasteiger partial charge in [-0.15, -0.1) is 0 Å². The summed E-state index contributed by atoms with van der Waals surface area (Å²) in [6, 6.07) is 16.2. The van der Waals surface area contributed by atoms with Crippen LogP contribution in [0.5, 0.6) is 5.75 Å². The van der Waals surface area contributed by atoms with Gasteiger partial charge in [-0.3, -0.25) is 0 Å². The molecular weight excluding hydrogens is 292 g/mol. The van der Waals surface area contributed by atoms with Gasteiger partial charge in [0.15, 0.2) is 11.5 Å². The second-order valence-electron chi connectivity index (χ2n) is 5.43. The Kier molecular flexibility index (Phi) is 3.86. The van der Waals surface area contributed by atoms with E-state index in [0.717, 1.165) is 22.7 Å². The molecule has 3 rings (SSSR count). The Hall–Kier alpha value is -2.33. The van der Waals surface area contributed by atoms with Crippen molar-refractivity contribution in [1.82, 2.24) is 0 Å². The molecule has 2 aromatic carbocycles. The number of nitrogens with zero attached hydrogens (tertiary/aromatic N) is 2. The molecule has 112 valence electrons. The van der Waals surface area contributed by atoms with Gasteiger partial charge in [-0.25, -0.2) is 0 Å². The van der Waals surface area contributed by atoms with Crippen molar-refractivity contribution in [1.29, 1.82) is 0 Å². The van der Waals surface area contributed by atoms with Crippen LogP contribution in [0.4, 0.5) is 11.4 Å². The second-order valence-corrected chi connectivity index (χ2v) is 5.82. The minimum absolute atomic E-state index is 0.690. The second kappa shape index (κ2) is 5.81. The van der Waals surface area contributed by atoms with E-state index in [1.54, 1.807) is 0 Å². The van der Waals surface area contributed by atoms with Crippen molar-refractivity contribution < 1.29 is 4.74 Å². The van der Waals surface area contributed by atoms with Crippen LogP contribution in [-0.2, 0) is 0 Å². The quantitative estimate of drug-likeness (QED) is 0.616. The van der Waals surface area contributed by atoms with E-state index < -0.39 is 0 Å². The van der Waals surface area contributed by atoms with Crippen LogP contribution in [0, 0.1) is 0 Å². The number of thiocarbonyl (C=S) groups is 1. The molecule has 0 fully saturated rings. The molecule has 0 saturated carbocycles. The minimum atomic E-state index is 0.690. The van der Waals surface area contributed by atoms with Crippen molar-refractivity contribution in [3.8, 4) is 5.75 Å². The largest absolute Gasteiger partial charge is 0.452 e. The van der Waals surface area contributed by atoms with Crippen LogP contribution in [0.3, 0.4) is 0 Å². The monoisotopic (exact) mass is 310 g/mol. The van der Waals surface area contributed by atoms with Crippen molar-refractivity contribution in [2.45, 2.75) is 0 Å². The van der Waals surface area contributed by atoms with Crippen molar-refractivity contribution in [2.75, 3.05) is 30.9 Å². The summed E-state index contributed by atoms with van der Waals surface area (Å²) >= 11 is 5.52. The molecule has 0 bridgehead atoms. The maximum Gasteiger partial charge on any atom is 0.162 e.